The number of rotatable bonds is 7. The van der Waals surface area contributed by atoms with Crippen LogP contribution < -0.4 is 14.8 Å². The van der Waals surface area contributed by atoms with E-state index < -0.39 is 0 Å². The van der Waals surface area contributed by atoms with Gasteiger partial charge in [-0.2, -0.15) is 5.10 Å². The number of aromatic nitrogens is 3. The topological polar surface area (TPSA) is 69.2 Å². The Kier molecular flexibility index (Phi) is 5.73. The molecule has 0 aliphatic carbocycles. The zero-order valence-electron chi connectivity index (χ0n) is 14.4. The fourth-order valence-corrected chi connectivity index (χ4v) is 2.45. The van der Waals surface area contributed by atoms with E-state index in [9.17, 15) is 0 Å². The maximum Gasteiger partial charge on any atom is 0.243 e. The minimum atomic E-state index is -0.0187. The first-order chi connectivity index (χ1) is 11.1. The van der Waals surface area contributed by atoms with Crippen molar-refractivity contribution >= 4 is 5.95 Å². The first-order valence-electron chi connectivity index (χ1n) is 7.83. The lowest BCUT2D eigenvalue weighted by atomic mass is 10.1. The van der Waals surface area contributed by atoms with Crippen LogP contribution in [0, 0.1) is 0 Å². The molecule has 0 saturated heterocycles. The molecule has 23 heavy (non-hydrogen) atoms. The molecule has 2 rings (SSSR count). The quantitative estimate of drug-likeness (QED) is 0.846. The number of nitrogens with zero attached hydrogens (tertiary/aromatic N) is 3. The number of hydrogen-bond donors (Lipinski definition) is 1. The first kappa shape index (κ1) is 17.0. The fraction of sp³-hybridized carbons (Fsp3) is 0.471. The van der Waals surface area contributed by atoms with Gasteiger partial charge in [0.25, 0.3) is 0 Å². The van der Waals surface area contributed by atoms with E-state index in [0.717, 1.165) is 41.3 Å². The number of benzene rings is 1. The highest BCUT2D eigenvalue weighted by Gasteiger charge is 2.15. The summed E-state index contributed by atoms with van der Waals surface area (Å²) in [5, 5.41) is 11.7. The van der Waals surface area contributed by atoms with Gasteiger partial charge in [0.05, 0.1) is 31.6 Å². The van der Waals surface area contributed by atoms with Crippen molar-refractivity contribution in [3.05, 3.63) is 35.2 Å². The molecule has 0 spiro atoms. The molecule has 0 bridgehead atoms. The molecule has 0 fully saturated rings. The number of hydrogen-bond acceptors (Lipinski definition) is 6. The average Bonchev–Trinajstić information content (AvgIpc) is 2.60. The third kappa shape index (κ3) is 3.88. The molecule has 0 radical (unpaired) electrons. The largest absolute Gasteiger partial charge is 0.497 e. The summed E-state index contributed by atoms with van der Waals surface area (Å²) in [6.45, 7) is 6.17. The summed E-state index contributed by atoms with van der Waals surface area (Å²) in [6.07, 6.45) is 1.68. The molecule has 6 nitrogen and oxygen atoms in total. The zero-order valence-corrected chi connectivity index (χ0v) is 14.4. The second-order valence-corrected chi connectivity index (χ2v) is 5.21. The van der Waals surface area contributed by atoms with Gasteiger partial charge in [-0.3, -0.25) is 0 Å². The third-order valence-electron chi connectivity index (χ3n) is 3.76. The van der Waals surface area contributed by atoms with Crippen molar-refractivity contribution in [3.8, 4) is 11.5 Å². The maximum absolute atomic E-state index is 5.45. The van der Waals surface area contributed by atoms with E-state index in [2.05, 4.69) is 34.3 Å². The van der Waals surface area contributed by atoms with Gasteiger partial charge in [-0.05, 0) is 31.9 Å². The van der Waals surface area contributed by atoms with E-state index in [0.29, 0.717) is 5.95 Å². The van der Waals surface area contributed by atoms with Crippen LogP contribution in [0.2, 0.25) is 0 Å². The SMILES string of the molecule is CCc1nnc(NC(C)c2ccc(OC)cc2OC)nc1CC. The molecule has 0 aliphatic rings. The van der Waals surface area contributed by atoms with E-state index >= 15 is 0 Å². The fourth-order valence-electron chi connectivity index (χ4n) is 2.45. The van der Waals surface area contributed by atoms with Crippen LogP contribution in [0.5, 0.6) is 11.5 Å². The molecule has 1 N–H and O–H groups in total. The monoisotopic (exact) mass is 316 g/mol. The Bertz CT molecular complexity index is 661. The molecule has 2 aromatic rings. The van der Waals surface area contributed by atoms with Gasteiger partial charge in [0.2, 0.25) is 5.95 Å². The van der Waals surface area contributed by atoms with E-state index in [1.54, 1.807) is 14.2 Å². The highest BCUT2D eigenvalue weighted by atomic mass is 16.5. The van der Waals surface area contributed by atoms with Crippen molar-refractivity contribution < 1.29 is 9.47 Å². The highest BCUT2D eigenvalue weighted by molar-refractivity contribution is 5.45. The van der Waals surface area contributed by atoms with Gasteiger partial charge >= 0.3 is 0 Å². The molecule has 1 unspecified atom stereocenters. The van der Waals surface area contributed by atoms with Crippen LogP contribution in [0.4, 0.5) is 5.95 Å². The minimum absolute atomic E-state index is 0.0187. The molecule has 1 aromatic carbocycles. The maximum atomic E-state index is 5.45. The Morgan fingerprint density at radius 2 is 1.78 bits per heavy atom. The Balaban J connectivity index is 2.23. The van der Waals surface area contributed by atoms with Crippen molar-refractivity contribution in [1.82, 2.24) is 15.2 Å². The van der Waals surface area contributed by atoms with Crippen molar-refractivity contribution in [2.45, 2.75) is 39.7 Å². The van der Waals surface area contributed by atoms with Crippen LogP contribution in [0.25, 0.3) is 0 Å². The van der Waals surface area contributed by atoms with Gasteiger partial charge in [-0.1, -0.05) is 13.8 Å². The van der Waals surface area contributed by atoms with Crippen LogP contribution in [-0.2, 0) is 12.8 Å². The summed E-state index contributed by atoms with van der Waals surface area (Å²) >= 11 is 0. The molecule has 1 aromatic heterocycles. The summed E-state index contributed by atoms with van der Waals surface area (Å²) in [7, 11) is 3.28. The average molecular weight is 316 g/mol. The predicted octanol–water partition coefficient (Wildman–Crippen LogP) is 3.19. The number of anilines is 1. The molecule has 1 atom stereocenters. The third-order valence-corrected chi connectivity index (χ3v) is 3.76. The van der Waals surface area contributed by atoms with Crippen LogP contribution >= 0.6 is 0 Å². The summed E-state index contributed by atoms with van der Waals surface area (Å²) in [6, 6.07) is 5.73. The van der Waals surface area contributed by atoms with E-state index in [-0.39, 0.29) is 6.04 Å². The predicted molar refractivity (Wildman–Crippen MR) is 90.2 cm³/mol. The van der Waals surface area contributed by atoms with Crippen LogP contribution in [0.3, 0.4) is 0 Å². The lowest BCUT2D eigenvalue weighted by Gasteiger charge is -2.18. The van der Waals surface area contributed by atoms with Gasteiger partial charge in [0.1, 0.15) is 11.5 Å². The number of ether oxygens (including phenoxy) is 2. The number of aryl methyl sites for hydroxylation is 2. The molecule has 1 heterocycles. The second-order valence-electron chi connectivity index (χ2n) is 5.21. The number of nitrogens with one attached hydrogen (secondary N) is 1. The van der Waals surface area contributed by atoms with Gasteiger partial charge in [0.15, 0.2) is 0 Å². The Morgan fingerprint density at radius 1 is 1.04 bits per heavy atom. The smallest absolute Gasteiger partial charge is 0.243 e. The van der Waals surface area contributed by atoms with Gasteiger partial charge in [0, 0.05) is 11.6 Å². The molecular weight excluding hydrogens is 292 g/mol. The molecule has 0 amide bonds. The standard InChI is InChI=1S/C17H24N4O2/c1-6-14-15(7-2)20-21-17(19-14)18-11(3)13-9-8-12(22-4)10-16(13)23-5/h8-11H,6-7H2,1-5H3,(H,18,19,21). The van der Waals surface area contributed by atoms with E-state index in [4.69, 9.17) is 9.47 Å². The van der Waals surface area contributed by atoms with Crippen molar-refractivity contribution in [2.24, 2.45) is 0 Å². The Labute approximate surface area is 137 Å². The lowest BCUT2D eigenvalue weighted by Crippen LogP contribution is -2.13. The van der Waals surface area contributed by atoms with Crippen molar-refractivity contribution in [1.29, 1.82) is 0 Å². The van der Waals surface area contributed by atoms with Crippen LogP contribution in [0.15, 0.2) is 18.2 Å². The summed E-state index contributed by atoms with van der Waals surface area (Å²) in [4.78, 5) is 4.57. The Morgan fingerprint density at radius 3 is 2.39 bits per heavy atom. The van der Waals surface area contributed by atoms with E-state index in [1.807, 2.05) is 25.1 Å². The second kappa shape index (κ2) is 7.76. The Hall–Kier alpha value is -2.37. The van der Waals surface area contributed by atoms with Crippen LogP contribution in [-0.4, -0.2) is 29.4 Å². The normalized spacial score (nSPS) is 11.9. The highest BCUT2D eigenvalue weighted by Crippen LogP contribution is 2.30. The van der Waals surface area contributed by atoms with E-state index in [1.165, 1.54) is 0 Å². The summed E-state index contributed by atoms with van der Waals surface area (Å²) in [5.74, 6) is 2.05. The lowest BCUT2D eigenvalue weighted by molar-refractivity contribution is 0.390. The van der Waals surface area contributed by atoms with Gasteiger partial charge in [-0.25, -0.2) is 4.98 Å². The molecule has 124 valence electrons. The van der Waals surface area contributed by atoms with Crippen molar-refractivity contribution in [3.63, 3.8) is 0 Å². The van der Waals surface area contributed by atoms with Gasteiger partial charge < -0.3 is 14.8 Å². The zero-order chi connectivity index (χ0) is 16.8. The van der Waals surface area contributed by atoms with Crippen LogP contribution in [0.1, 0.15) is 43.8 Å². The minimum Gasteiger partial charge on any atom is -0.497 e. The first-order valence-corrected chi connectivity index (χ1v) is 7.83. The molecule has 0 aliphatic heterocycles. The summed E-state index contributed by atoms with van der Waals surface area (Å²) < 4.78 is 10.7. The molecular formula is C17H24N4O2. The summed E-state index contributed by atoms with van der Waals surface area (Å²) in [5.41, 5.74) is 2.95. The van der Waals surface area contributed by atoms with Gasteiger partial charge in [-0.15, -0.1) is 5.10 Å². The molecule has 0 saturated carbocycles. The van der Waals surface area contributed by atoms with Crippen molar-refractivity contribution in [2.75, 3.05) is 19.5 Å². The molecule has 6 heteroatoms. The number of methoxy groups -OCH3 is 2.